The van der Waals surface area contributed by atoms with Crippen molar-refractivity contribution in [2.45, 2.75) is 32.7 Å². The van der Waals surface area contributed by atoms with E-state index in [2.05, 4.69) is 26.2 Å². The Balaban J connectivity index is 2.26. The molecule has 1 rings (SSSR count). The first-order chi connectivity index (χ1) is 4.35. The van der Waals surface area contributed by atoms with Crippen LogP contribution < -0.4 is 5.32 Å². The van der Waals surface area contributed by atoms with Gasteiger partial charge in [-0.2, -0.15) is 0 Å². The molecule has 1 heteroatoms. The second kappa shape index (κ2) is 2.70. The molecule has 0 amide bonds. The summed E-state index contributed by atoms with van der Waals surface area (Å²) in [4.78, 5) is 0. The van der Waals surface area contributed by atoms with Crippen molar-refractivity contribution >= 4 is 0 Å². The van der Waals surface area contributed by atoms with Crippen LogP contribution in [0.4, 0.5) is 0 Å². The normalized spacial score (nSPS) is 41.0. The van der Waals surface area contributed by atoms with E-state index in [1.54, 1.807) is 0 Å². The fourth-order valence-corrected chi connectivity index (χ4v) is 1.99. The van der Waals surface area contributed by atoms with E-state index in [9.17, 15) is 0 Å². The van der Waals surface area contributed by atoms with E-state index >= 15 is 0 Å². The van der Waals surface area contributed by atoms with Gasteiger partial charge in [0.15, 0.2) is 0 Å². The van der Waals surface area contributed by atoms with Gasteiger partial charge in [-0.15, -0.1) is 0 Å². The van der Waals surface area contributed by atoms with Crippen molar-refractivity contribution in [3.8, 4) is 0 Å². The Morgan fingerprint density at radius 3 is 1.67 bits per heavy atom. The third-order valence-corrected chi connectivity index (χ3v) is 2.61. The van der Waals surface area contributed by atoms with Gasteiger partial charge in [0.2, 0.25) is 0 Å². The van der Waals surface area contributed by atoms with Crippen LogP contribution in [-0.2, 0) is 0 Å². The second-order valence-electron chi connectivity index (χ2n) is 2.96. The van der Waals surface area contributed by atoms with Gasteiger partial charge in [-0.1, -0.05) is 26.7 Å². The Labute approximate surface area is 57.8 Å². The maximum absolute atomic E-state index is 3.34. The zero-order valence-electron chi connectivity index (χ0n) is 6.65. The van der Waals surface area contributed by atoms with Gasteiger partial charge in [0.25, 0.3) is 0 Å². The van der Waals surface area contributed by atoms with Crippen molar-refractivity contribution in [1.29, 1.82) is 0 Å². The van der Waals surface area contributed by atoms with Gasteiger partial charge < -0.3 is 5.32 Å². The molecule has 1 nitrogen and oxygen atoms in total. The fourth-order valence-electron chi connectivity index (χ4n) is 1.99. The quantitative estimate of drug-likeness (QED) is 0.607. The SMILES string of the molecule is CCC1C(CC)C1NC. The Hall–Kier alpha value is -0.0400. The summed E-state index contributed by atoms with van der Waals surface area (Å²) in [5.74, 6) is 1.97. The molecule has 1 aliphatic carbocycles. The molecule has 1 aliphatic rings. The van der Waals surface area contributed by atoms with Gasteiger partial charge in [-0.05, 0) is 18.9 Å². The Kier molecular flexibility index (Phi) is 2.12. The summed E-state index contributed by atoms with van der Waals surface area (Å²) in [5, 5.41) is 3.34. The minimum Gasteiger partial charge on any atom is -0.316 e. The first-order valence-corrected chi connectivity index (χ1v) is 4.02. The van der Waals surface area contributed by atoms with Crippen LogP contribution in [-0.4, -0.2) is 13.1 Å². The molecule has 0 heterocycles. The lowest BCUT2D eigenvalue weighted by molar-refractivity contribution is 0.663. The highest BCUT2D eigenvalue weighted by Gasteiger charge is 2.45. The van der Waals surface area contributed by atoms with Gasteiger partial charge in [0.05, 0.1) is 0 Å². The van der Waals surface area contributed by atoms with Crippen molar-refractivity contribution in [2.24, 2.45) is 11.8 Å². The topological polar surface area (TPSA) is 12.0 Å². The molecule has 2 atom stereocenters. The first kappa shape index (κ1) is 7.07. The second-order valence-corrected chi connectivity index (χ2v) is 2.96. The molecule has 54 valence electrons. The lowest BCUT2D eigenvalue weighted by atomic mass is 10.2. The Bertz CT molecular complexity index is 65.5. The van der Waals surface area contributed by atoms with Gasteiger partial charge in [0.1, 0.15) is 0 Å². The predicted octanol–water partition coefficient (Wildman–Crippen LogP) is 1.64. The Morgan fingerprint density at radius 2 is 1.56 bits per heavy atom. The molecule has 0 saturated heterocycles. The minimum atomic E-state index is 0.847. The van der Waals surface area contributed by atoms with Crippen molar-refractivity contribution in [3.63, 3.8) is 0 Å². The number of rotatable bonds is 3. The van der Waals surface area contributed by atoms with E-state index in [4.69, 9.17) is 0 Å². The minimum absolute atomic E-state index is 0.847. The molecule has 0 aromatic carbocycles. The molecule has 0 aromatic rings. The van der Waals surface area contributed by atoms with E-state index in [1.165, 1.54) is 12.8 Å². The number of hydrogen-bond acceptors (Lipinski definition) is 1. The standard InChI is InChI=1S/C8H17N/c1-4-6-7(5-2)8(6)9-3/h6-9H,4-5H2,1-3H3. The molecule has 0 radical (unpaired) electrons. The first-order valence-electron chi connectivity index (χ1n) is 4.02. The monoisotopic (exact) mass is 127 g/mol. The van der Waals surface area contributed by atoms with E-state index in [0.29, 0.717) is 0 Å². The van der Waals surface area contributed by atoms with Crippen molar-refractivity contribution in [1.82, 2.24) is 5.32 Å². The fraction of sp³-hybridized carbons (Fsp3) is 1.00. The predicted molar refractivity (Wildman–Crippen MR) is 40.4 cm³/mol. The Morgan fingerprint density at radius 1 is 1.11 bits per heavy atom. The maximum Gasteiger partial charge on any atom is 0.0127 e. The van der Waals surface area contributed by atoms with Gasteiger partial charge >= 0.3 is 0 Å². The number of nitrogens with one attached hydrogen (secondary N) is 1. The zero-order chi connectivity index (χ0) is 6.85. The molecule has 0 bridgehead atoms. The molecule has 1 saturated carbocycles. The largest absolute Gasteiger partial charge is 0.316 e. The molecule has 1 N–H and O–H groups in total. The van der Waals surface area contributed by atoms with Crippen LogP contribution in [0.1, 0.15) is 26.7 Å². The van der Waals surface area contributed by atoms with Gasteiger partial charge in [-0.3, -0.25) is 0 Å². The maximum atomic E-state index is 3.34. The van der Waals surface area contributed by atoms with E-state index < -0.39 is 0 Å². The van der Waals surface area contributed by atoms with Crippen LogP contribution in [0.15, 0.2) is 0 Å². The highest BCUT2D eigenvalue weighted by molar-refractivity contribution is 5.00. The van der Waals surface area contributed by atoms with Crippen LogP contribution in [0, 0.1) is 11.8 Å². The van der Waals surface area contributed by atoms with E-state index in [1.807, 2.05) is 0 Å². The van der Waals surface area contributed by atoms with Gasteiger partial charge in [-0.25, -0.2) is 0 Å². The summed E-state index contributed by atoms with van der Waals surface area (Å²) in [6, 6.07) is 0.847. The average molecular weight is 127 g/mol. The van der Waals surface area contributed by atoms with Gasteiger partial charge in [0, 0.05) is 6.04 Å². The van der Waals surface area contributed by atoms with Crippen molar-refractivity contribution < 1.29 is 0 Å². The third-order valence-electron chi connectivity index (χ3n) is 2.61. The molecule has 0 spiro atoms. The summed E-state index contributed by atoms with van der Waals surface area (Å²) in [5.41, 5.74) is 0. The van der Waals surface area contributed by atoms with Crippen LogP contribution >= 0.6 is 0 Å². The summed E-state index contributed by atoms with van der Waals surface area (Å²) in [6.45, 7) is 4.56. The summed E-state index contributed by atoms with van der Waals surface area (Å²) in [6.07, 6.45) is 2.70. The van der Waals surface area contributed by atoms with Crippen LogP contribution in [0.5, 0.6) is 0 Å². The van der Waals surface area contributed by atoms with Crippen LogP contribution in [0.25, 0.3) is 0 Å². The number of hydrogen-bond donors (Lipinski definition) is 1. The zero-order valence-corrected chi connectivity index (χ0v) is 6.65. The molecule has 9 heavy (non-hydrogen) atoms. The van der Waals surface area contributed by atoms with Crippen LogP contribution in [0.3, 0.4) is 0 Å². The summed E-state index contributed by atoms with van der Waals surface area (Å²) in [7, 11) is 2.07. The summed E-state index contributed by atoms with van der Waals surface area (Å²) < 4.78 is 0. The van der Waals surface area contributed by atoms with E-state index in [-0.39, 0.29) is 0 Å². The molecular formula is C8H17N. The summed E-state index contributed by atoms with van der Waals surface area (Å²) >= 11 is 0. The van der Waals surface area contributed by atoms with Crippen LogP contribution in [0.2, 0.25) is 0 Å². The van der Waals surface area contributed by atoms with E-state index in [0.717, 1.165) is 17.9 Å². The molecular weight excluding hydrogens is 110 g/mol. The highest BCUT2D eigenvalue weighted by atomic mass is 15.0. The lowest BCUT2D eigenvalue weighted by Gasteiger charge is -1.89. The van der Waals surface area contributed by atoms with Crippen molar-refractivity contribution in [3.05, 3.63) is 0 Å². The van der Waals surface area contributed by atoms with Crippen molar-refractivity contribution in [2.75, 3.05) is 7.05 Å². The average Bonchev–Trinajstić information content (AvgIpc) is 2.59. The lowest BCUT2D eigenvalue weighted by Crippen LogP contribution is -2.12. The molecule has 0 aliphatic heterocycles. The highest BCUT2D eigenvalue weighted by Crippen LogP contribution is 2.43. The third kappa shape index (κ3) is 1.11. The molecule has 2 unspecified atom stereocenters. The smallest absolute Gasteiger partial charge is 0.0127 e. The molecule has 1 fully saturated rings. The molecule has 0 aromatic heterocycles.